The van der Waals surface area contributed by atoms with E-state index in [0.717, 1.165) is 5.52 Å². The zero-order valence-electron chi connectivity index (χ0n) is 12.1. The van der Waals surface area contributed by atoms with Crippen LogP contribution in [0.2, 0.25) is 0 Å². The molecule has 0 atom stereocenters. The number of sulfonamides is 1. The van der Waals surface area contributed by atoms with Crippen LogP contribution in [0.25, 0.3) is 11.0 Å². The maximum Gasteiger partial charge on any atom is 0.261 e. The van der Waals surface area contributed by atoms with Crippen molar-refractivity contribution in [3.05, 3.63) is 48.8 Å². The maximum atomic E-state index is 12.5. The summed E-state index contributed by atoms with van der Waals surface area (Å²) in [5.41, 5.74) is 1.96. The molecule has 3 rings (SSSR count). The number of benzene rings is 2. The molecule has 0 unspecified atom stereocenters. The molecule has 7 heteroatoms. The summed E-state index contributed by atoms with van der Waals surface area (Å²) in [5, 5.41) is 0. The standard InChI is InChI=1S/C15H15N3O3S/c1-18-10-16-14-9-13(6-7-15(14)18)22(19,20)17-11-4-3-5-12(8-11)21-2/h3-10,17H,1-2H3. The van der Waals surface area contributed by atoms with Gasteiger partial charge < -0.3 is 9.30 Å². The second-order valence-electron chi connectivity index (χ2n) is 4.84. The number of imidazole rings is 1. The minimum Gasteiger partial charge on any atom is -0.497 e. The van der Waals surface area contributed by atoms with Gasteiger partial charge in [0.1, 0.15) is 5.75 Å². The Kier molecular flexibility index (Phi) is 3.50. The number of nitrogens with zero attached hydrogens (tertiary/aromatic N) is 2. The number of fused-ring (bicyclic) bond motifs is 1. The molecular formula is C15H15N3O3S. The molecule has 0 saturated carbocycles. The largest absolute Gasteiger partial charge is 0.497 e. The van der Waals surface area contributed by atoms with E-state index in [1.807, 2.05) is 11.6 Å². The van der Waals surface area contributed by atoms with Crippen molar-refractivity contribution in [2.75, 3.05) is 11.8 Å². The number of rotatable bonds is 4. The second kappa shape index (κ2) is 5.34. The van der Waals surface area contributed by atoms with Crippen LogP contribution in [0.5, 0.6) is 5.75 Å². The molecule has 0 aliphatic carbocycles. The molecule has 1 heterocycles. The normalized spacial score (nSPS) is 11.5. The quantitative estimate of drug-likeness (QED) is 0.802. The van der Waals surface area contributed by atoms with E-state index >= 15 is 0 Å². The van der Waals surface area contributed by atoms with E-state index in [1.54, 1.807) is 48.8 Å². The fraction of sp³-hybridized carbons (Fsp3) is 0.133. The van der Waals surface area contributed by atoms with Crippen molar-refractivity contribution in [1.82, 2.24) is 9.55 Å². The molecule has 0 radical (unpaired) electrons. The van der Waals surface area contributed by atoms with Crippen molar-refractivity contribution in [3.63, 3.8) is 0 Å². The Labute approximate surface area is 128 Å². The third-order valence-corrected chi connectivity index (χ3v) is 4.71. The average Bonchev–Trinajstić information content (AvgIpc) is 2.88. The lowest BCUT2D eigenvalue weighted by Gasteiger charge is -2.09. The number of aromatic nitrogens is 2. The first-order valence-electron chi connectivity index (χ1n) is 6.57. The van der Waals surface area contributed by atoms with Crippen LogP contribution in [0, 0.1) is 0 Å². The summed E-state index contributed by atoms with van der Waals surface area (Å²) in [6, 6.07) is 11.6. The summed E-state index contributed by atoms with van der Waals surface area (Å²) >= 11 is 0. The molecule has 114 valence electrons. The van der Waals surface area contributed by atoms with Crippen molar-refractivity contribution in [3.8, 4) is 5.75 Å². The minimum absolute atomic E-state index is 0.168. The van der Waals surface area contributed by atoms with E-state index in [1.165, 1.54) is 7.11 Å². The molecule has 0 saturated heterocycles. The highest BCUT2D eigenvalue weighted by atomic mass is 32.2. The number of anilines is 1. The Bertz CT molecular complexity index is 932. The van der Waals surface area contributed by atoms with Gasteiger partial charge in [0.25, 0.3) is 10.0 Å². The molecule has 0 amide bonds. The van der Waals surface area contributed by atoms with Crippen molar-refractivity contribution in [2.24, 2.45) is 7.05 Å². The number of methoxy groups -OCH3 is 1. The van der Waals surface area contributed by atoms with Crippen LogP contribution in [0.3, 0.4) is 0 Å². The Morgan fingerprint density at radius 3 is 2.77 bits per heavy atom. The summed E-state index contributed by atoms with van der Waals surface area (Å²) in [5.74, 6) is 0.584. The molecule has 6 nitrogen and oxygen atoms in total. The van der Waals surface area contributed by atoms with Gasteiger partial charge in [0.2, 0.25) is 0 Å². The lowest BCUT2D eigenvalue weighted by atomic mass is 10.3. The number of aryl methyl sites for hydroxylation is 1. The molecule has 3 aromatic rings. The molecule has 1 N–H and O–H groups in total. The highest BCUT2D eigenvalue weighted by Gasteiger charge is 2.16. The van der Waals surface area contributed by atoms with Gasteiger partial charge >= 0.3 is 0 Å². The third-order valence-electron chi connectivity index (χ3n) is 3.33. The Balaban J connectivity index is 1.96. The van der Waals surface area contributed by atoms with Crippen LogP contribution in [0.15, 0.2) is 53.7 Å². The maximum absolute atomic E-state index is 12.5. The monoisotopic (exact) mass is 317 g/mol. The molecule has 1 aromatic heterocycles. The van der Waals surface area contributed by atoms with E-state index < -0.39 is 10.0 Å². The number of ether oxygens (including phenoxy) is 1. The van der Waals surface area contributed by atoms with E-state index in [9.17, 15) is 8.42 Å². The molecule has 0 fully saturated rings. The first-order chi connectivity index (χ1) is 10.5. The topological polar surface area (TPSA) is 73.2 Å². The van der Waals surface area contributed by atoms with Gasteiger partial charge in [0, 0.05) is 13.1 Å². The van der Waals surface area contributed by atoms with Gasteiger partial charge in [-0.3, -0.25) is 4.72 Å². The van der Waals surface area contributed by atoms with Crippen LogP contribution in [-0.4, -0.2) is 25.1 Å². The predicted molar refractivity (Wildman–Crippen MR) is 84.5 cm³/mol. The Morgan fingerprint density at radius 1 is 1.18 bits per heavy atom. The van der Waals surface area contributed by atoms with E-state index in [-0.39, 0.29) is 4.90 Å². The van der Waals surface area contributed by atoms with Gasteiger partial charge in [-0.25, -0.2) is 13.4 Å². The molecule has 0 bridgehead atoms. The molecule has 22 heavy (non-hydrogen) atoms. The smallest absolute Gasteiger partial charge is 0.261 e. The average molecular weight is 317 g/mol. The van der Waals surface area contributed by atoms with Crippen molar-refractivity contribution in [1.29, 1.82) is 0 Å². The SMILES string of the molecule is COc1cccc(NS(=O)(=O)c2ccc3c(c2)ncn3C)c1. The van der Waals surface area contributed by atoms with Gasteiger partial charge in [-0.15, -0.1) is 0 Å². The second-order valence-corrected chi connectivity index (χ2v) is 6.53. The van der Waals surface area contributed by atoms with Crippen molar-refractivity contribution in [2.45, 2.75) is 4.90 Å². The fourth-order valence-electron chi connectivity index (χ4n) is 2.18. The zero-order valence-corrected chi connectivity index (χ0v) is 13.0. The first-order valence-corrected chi connectivity index (χ1v) is 8.06. The van der Waals surface area contributed by atoms with Gasteiger partial charge in [-0.1, -0.05) is 6.07 Å². The van der Waals surface area contributed by atoms with Crippen molar-refractivity contribution >= 4 is 26.7 Å². The summed E-state index contributed by atoms with van der Waals surface area (Å²) in [4.78, 5) is 4.35. The summed E-state index contributed by atoms with van der Waals surface area (Å²) in [6.07, 6.45) is 1.65. The van der Waals surface area contributed by atoms with Gasteiger partial charge in [-0.2, -0.15) is 0 Å². The summed E-state index contributed by atoms with van der Waals surface area (Å²) < 4.78 is 34.4. The van der Waals surface area contributed by atoms with Crippen LogP contribution < -0.4 is 9.46 Å². The van der Waals surface area contributed by atoms with Gasteiger partial charge in [0.05, 0.1) is 35.1 Å². The predicted octanol–water partition coefficient (Wildman–Crippen LogP) is 2.38. The van der Waals surface area contributed by atoms with Crippen LogP contribution in [0.4, 0.5) is 5.69 Å². The van der Waals surface area contributed by atoms with E-state index in [0.29, 0.717) is 17.0 Å². The first kappa shape index (κ1) is 14.4. The Hall–Kier alpha value is -2.54. The minimum atomic E-state index is -3.68. The Morgan fingerprint density at radius 2 is 2.00 bits per heavy atom. The zero-order chi connectivity index (χ0) is 15.7. The highest BCUT2D eigenvalue weighted by molar-refractivity contribution is 7.92. The van der Waals surface area contributed by atoms with Gasteiger partial charge in [0.15, 0.2) is 0 Å². The van der Waals surface area contributed by atoms with Gasteiger partial charge in [-0.05, 0) is 30.3 Å². The van der Waals surface area contributed by atoms with E-state index in [2.05, 4.69) is 9.71 Å². The lowest BCUT2D eigenvalue weighted by molar-refractivity contribution is 0.415. The van der Waals surface area contributed by atoms with Crippen LogP contribution >= 0.6 is 0 Å². The molecule has 2 aromatic carbocycles. The molecule has 0 spiro atoms. The highest BCUT2D eigenvalue weighted by Crippen LogP contribution is 2.22. The number of hydrogen-bond donors (Lipinski definition) is 1. The number of nitrogens with one attached hydrogen (secondary N) is 1. The molecular weight excluding hydrogens is 302 g/mol. The molecule has 0 aliphatic heterocycles. The number of hydrogen-bond acceptors (Lipinski definition) is 4. The lowest BCUT2D eigenvalue weighted by Crippen LogP contribution is -2.12. The summed E-state index contributed by atoms with van der Waals surface area (Å²) in [7, 11) is -0.286. The summed E-state index contributed by atoms with van der Waals surface area (Å²) in [6.45, 7) is 0. The van der Waals surface area contributed by atoms with E-state index in [4.69, 9.17) is 4.74 Å². The third kappa shape index (κ3) is 2.62. The van der Waals surface area contributed by atoms with Crippen molar-refractivity contribution < 1.29 is 13.2 Å². The van der Waals surface area contributed by atoms with Crippen LogP contribution in [0.1, 0.15) is 0 Å². The fourth-order valence-corrected chi connectivity index (χ4v) is 3.25. The van der Waals surface area contributed by atoms with Crippen LogP contribution in [-0.2, 0) is 17.1 Å². The molecule has 0 aliphatic rings.